The minimum atomic E-state index is -0.859. The van der Waals surface area contributed by atoms with E-state index in [1.54, 1.807) is 24.1 Å². The van der Waals surface area contributed by atoms with Crippen LogP contribution in [-0.4, -0.2) is 23.8 Å². The second-order valence-corrected chi connectivity index (χ2v) is 9.01. The van der Waals surface area contributed by atoms with Crippen molar-refractivity contribution in [3.05, 3.63) is 137 Å². The van der Waals surface area contributed by atoms with E-state index in [0.29, 0.717) is 18.5 Å². The number of benzene rings is 4. The molecule has 0 aliphatic rings. The standard InChI is InChI=1S/C32H31FN2O3/c1-38-29-19-14-25(15-20-29)22-34-32(37)31(27-10-6-3-7-11-27)35(23-26-12-17-28(33)18-13-26)30(36)21-16-24-8-4-2-5-9-24/h2-15,17-20,31H,16,21-23H2,1H3,(H,34,37). The highest BCUT2D eigenvalue weighted by atomic mass is 19.1. The lowest BCUT2D eigenvalue weighted by atomic mass is 10.0. The Labute approximate surface area is 222 Å². The molecule has 1 atom stereocenters. The van der Waals surface area contributed by atoms with Crippen LogP contribution in [0.2, 0.25) is 0 Å². The Morgan fingerprint density at radius 3 is 2.03 bits per heavy atom. The molecule has 4 rings (SSSR count). The Hall–Kier alpha value is -4.45. The van der Waals surface area contributed by atoms with Crippen molar-refractivity contribution in [2.45, 2.75) is 32.0 Å². The van der Waals surface area contributed by atoms with Gasteiger partial charge in [0.2, 0.25) is 11.8 Å². The molecule has 0 heterocycles. The van der Waals surface area contributed by atoms with Crippen LogP contribution in [0.25, 0.3) is 0 Å². The lowest BCUT2D eigenvalue weighted by Crippen LogP contribution is -2.43. The predicted octanol–water partition coefficient (Wildman–Crippen LogP) is 5.85. The fourth-order valence-electron chi connectivity index (χ4n) is 4.29. The molecule has 38 heavy (non-hydrogen) atoms. The molecule has 0 saturated heterocycles. The largest absolute Gasteiger partial charge is 0.497 e. The normalized spacial score (nSPS) is 11.4. The molecule has 0 aliphatic heterocycles. The summed E-state index contributed by atoms with van der Waals surface area (Å²) in [5, 5.41) is 3.01. The highest BCUT2D eigenvalue weighted by Gasteiger charge is 2.31. The summed E-state index contributed by atoms with van der Waals surface area (Å²) in [6.45, 7) is 0.470. The number of hydrogen-bond donors (Lipinski definition) is 1. The number of hydrogen-bond acceptors (Lipinski definition) is 3. The highest BCUT2D eigenvalue weighted by molar-refractivity contribution is 5.88. The number of methoxy groups -OCH3 is 1. The van der Waals surface area contributed by atoms with Crippen molar-refractivity contribution in [3.8, 4) is 5.75 Å². The number of nitrogens with zero attached hydrogens (tertiary/aromatic N) is 1. The molecule has 0 fully saturated rings. The van der Waals surface area contributed by atoms with Crippen LogP contribution in [0, 0.1) is 5.82 Å². The molecule has 0 bridgehead atoms. The number of aryl methyl sites for hydroxylation is 1. The fraction of sp³-hybridized carbons (Fsp3) is 0.188. The predicted molar refractivity (Wildman–Crippen MR) is 146 cm³/mol. The van der Waals surface area contributed by atoms with Crippen molar-refractivity contribution >= 4 is 11.8 Å². The van der Waals surface area contributed by atoms with Crippen LogP contribution < -0.4 is 10.1 Å². The van der Waals surface area contributed by atoms with Crippen molar-refractivity contribution < 1.29 is 18.7 Å². The summed E-state index contributed by atoms with van der Waals surface area (Å²) in [5.41, 5.74) is 3.40. The van der Waals surface area contributed by atoms with Crippen LogP contribution in [-0.2, 0) is 29.1 Å². The minimum Gasteiger partial charge on any atom is -0.497 e. The Kier molecular flexibility index (Phi) is 9.24. The van der Waals surface area contributed by atoms with Crippen LogP contribution in [0.3, 0.4) is 0 Å². The molecule has 194 valence electrons. The first-order valence-corrected chi connectivity index (χ1v) is 12.6. The zero-order valence-electron chi connectivity index (χ0n) is 21.3. The van der Waals surface area contributed by atoms with Gasteiger partial charge in [-0.05, 0) is 52.9 Å². The molecular formula is C32H31FN2O3. The highest BCUT2D eigenvalue weighted by Crippen LogP contribution is 2.25. The Morgan fingerprint density at radius 1 is 0.789 bits per heavy atom. The molecule has 0 saturated carbocycles. The van der Waals surface area contributed by atoms with E-state index < -0.39 is 6.04 Å². The van der Waals surface area contributed by atoms with Crippen LogP contribution in [0.4, 0.5) is 4.39 Å². The SMILES string of the molecule is COc1ccc(CNC(=O)C(c2ccccc2)N(Cc2ccc(F)cc2)C(=O)CCc2ccccc2)cc1. The summed E-state index contributed by atoms with van der Waals surface area (Å²) < 4.78 is 18.8. The maximum Gasteiger partial charge on any atom is 0.247 e. The summed E-state index contributed by atoms with van der Waals surface area (Å²) in [7, 11) is 1.60. The average molecular weight is 511 g/mol. The van der Waals surface area contributed by atoms with Crippen LogP contribution in [0.1, 0.15) is 34.7 Å². The van der Waals surface area contributed by atoms with Gasteiger partial charge in [0.15, 0.2) is 0 Å². The van der Waals surface area contributed by atoms with E-state index in [0.717, 1.165) is 22.4 Å². The molecule has 2 amide bonds. The first-order valence-electron chi connectivity index (χ1n) is 12.6. The van der Waals surface area contributed by atoms with Gasteiger partial charge in [-0.15, -0.1) is 0 Å². The second kappa shape index (κ2) is 13.2. The van der Waals surface area contributed by atoms with Gasteiger partial charge < -0.3 is 15.0 Å². The molecule has 0 radical (unpaired) electrons. The number of carbonyl (C=O) groups excluding carboxylic acids is 2. The Morgan fingerprint density at radius 2 is 1.39 bits per heavy atom. The fourth-order valence-corrected chi connectivity index (χ4v) is 4.29. The van der Waals surface area contributed by atoms with Gasteiger partial charge in [0.05, 0.1) is 7.11 Å². The van der Waals surface area contributed by atoms with Gasteiger partial charge in [0, 0.05) is 19.5 Å². The first kappa shape index (κ1) is 26.6. The first-order chi connectivity index (χ1) is 18.5. The van der Waals surface area contributed by atoms with Crippen molar-refractivity contribution in [2.75, 3.05) is 7.11 Å². The summed E-state index contributed by atoms with van der Waals surface area (Å²) in [6, 6.07) is 31.6. The third-order valence-corrected chi connectivity index (χ3v) is 6.36. The van der Waals surface area contributed by atoms with E-state index in [1.165, 1.54) is 12.1 Å². The van der Waals surface area contributed by atoms with Gasteiger partial charge in [-0.3, -0.25) is 9.59 Å². The van der Waals surface area contributed by atoms with Gasteiger partial charge in [0.25, 0.3) is 0 Å². The van der Waals surface area contributed by atoms with Gasteiger partial charge in [-0.25, -0.2) is 4.39 Å². The van der Waals surface area contributed by atoms with Gasteiger partial charge in [0.1, 0.15) is 17.6 Å². The lowest BCUT2D eigenvalue weighted by molar-refractivity contribution is -0.141. The molecule has 4 aromatic rings. The van der Waals surface area contributed by atoms with Gasteiger partial charge in [-0.1, -0.05) is 84.9 Å². The van der Waals surface area contributed by atoms with Crippen molar-refractivity contribution in [1.29, 1.82) is 0 Å². The lowest BCUT2D eigenvalue weighted by Gasteiger charge is -2.32. The van der Waals surface area contributed by atoms with E-state index in [4.69, 9.17) is 4.74 Å². The quantitative estimate of drug-likeness (QED) is 0.275. The van der Waals surface area contributed by atoms with Crippen LogP contribution in [0.5, 0.6) is 5.75 Å². The third-order valence-electron chi connectivity index (χ3n) is 6.36. The van der Waals surface area contributed by atoms with Gasteiger partial charge in [-0.2, -0.15) is 0 Å². The molecular weight excluding hydrogens is 479 g/mol. The van der Waals surface area contributed by atoms with E-state index in [1.807, 2.05) is 84.9 Å². The molecule has 0 aromatic heterocycles. The van der Waals surface area contributed by atoms with E-state index in [2.05, 4.69) is 5.32 Å². The van der Waals surface area contributed by atoms with Crippen molar-refractivity contribution in [2.24, 2.45) is 0 Å². The second-order valence-electron chi connectivity index (χ2n) is 9.01. The van der Waals surface area contributed by atoms with Crippen LogP contribution in [0.15, 0.2) is 109 Å². The maximum absolute atomic E-state index is 13.7. The number of carbonyl (C=O) groups is 2. The zero-order chi connectivity index (χ0) is 26.7. The summed E-state index contributed by atoms with van der Waals surface area (Å²) in [5.74, 6) is -0.0712. The minimum absolute atomic E-state index is 0.161. The maximum atomic E-state index is 13.7. The topological polar surface area (TPSA) is 58.6 Å². The molecule has 1 N–H and O–H groups in total. The number of halogens is 1. The number of amides is 2. The monoisotopic (exact) mass is 510 g/mol. The Balaban J connectivity index is 1.61. The number of nitrogens with one attached hydrogen (secondary N) is 1. The average Bonchev–Trinajstić information content (AvgIpc) is 2.97. The summed E-state index contributed by atoms with van der Waals surface area (Å²) in [4.78, 5) is 29.0. The Bertz CT molecular complexity index is 1310. The molecule has 1 unspecified atom stereocenters. The molecule has 5 nitrogen and oxygen atoms in total. The molecule has 0 aliphatic carbocycles. The molecule has 6 heteroatoms. The smallest absolute Gasteiger partial charge is 0.247 e. The van der Waals surface area contributed by atoms with E-state index in [-0.39, 0.29) is 30.6 Å². The molecule has 0 spiro atoms. The molecule has 4 aromatic carbocycles. The zero-order valence-corrected chi connectivity index (χ0v) is 21.3. The van der Waals surface area contributed by atoms with Crippen LogP contribution >= 0.6 is 0 Å². The van der Waals surface area contributed by atoms with E-state index in [9.17, 15) is 14.0 Å². The number of rotatable bonds is 11. The van der Waals surface area contributed by atoms with Crippen molar-refractivity contribution in [1.82, 2.24) is 10.2 Å². The summed E-state index contributed by atoms with van der Waals surface area (Å²) in [6.07, 6.45) is 0.787. The number of ether oxygens (including phenoxy) is 1. The third kappa shape index (κ3) is 7.29. The van der Waals surface area contributed by atoms with E-state index >= 15 is 0 Å². The summed E-state index contributed by atoms with van der Waals surface area (Å²) >= 11 is 0. The van der Waals surface area contributed by atoms with Gasteiger partial charge >= 0.3 is 0 Å². The van der Waals surface area contributed by atoms with Crippen molar-refractivity contribution in [3.63, 3.8) is 0 Å².